The molecule has 6 aliphatic heterocycles. The molecule has 2 amide bonds. The predicted octanol–water partition coefficient (Wildman–Crippen LogP) is -13.8. The summed E-state index contributed by atoms with van der Waals surface area (Å²) in [4.78, 5) is 24.3. The van der Waals surface area contributed by atoms with Gasteiger partial charge in [-0.05, 0) is 0 Å². The van der Waals surface area contributed by atoms with Gasteiger partial charge < -0.3 is 155 Å². The van der Waals surface area contributed by atoms with Gasteiger partial charge in [-0.25, -0.2) is 0 Å². The fourth-order valence-corrected chi connectivity index (χ4v) is 9.11. The second-order valence-corrected chi connectivity index (χ2v) is 18.3. The Balaban J connectivity index is 1.19. The van der Waals surface area contributed by atoms with Crippen molar-refractivity contribution in [1.29, 1.82) is 0 Å². The molecule has 30 atom stereocenters. The highest BCUT2D eigenvalue weighted by Gasteiger charge is 2.56. The van der Waals surface area contributed by atoms with Crippen LogP contribution in [0.3, 0.4) is 0 Å². The molecule has 20 N–H and O–H groups in total. The minimum atomic E-state index is -2.16. The molecule has 73 heavy (non-hydrogen) atoms. The van der Waals surface area contributed by atoms with Crippen molar-refractivity contribution in [3.05, 3.63) is 0 Å². The number of amides is 2. The van der Waals surface area contributed by atoms with Crippen molar-refractivity contribution < 1.29 is 154 Å². The molecule has 0 aromatic rings. The summed E-state index contributed by atoms with van der Waals surface area (Å²) in [6.07, 6.45) is -52.5. The molecule has 0 unspecified atom stereocenters. The third-order valence-electron chi connectivity index (χ3n) is 13.2. The van der Waals surface area contributed by atoms with Gasteiger partial charge in [0.2, 0.25) is 11.8 Å². The van der Waals surface area contributed by atoms with Crippen molar-refractivity contribution in [1.82, 2.24) is 10.6 Å². The SMILES string of the molecule is CC(=O)N[C@@H]1[C@@H](O)[C@@H](O[C@@H]2O[C@H](CO)[C@H](O[C@@H]3O[C@H](CO[C@H]4O[C@H](CO[C@H]5O[C@H](CO)[C@@H](O)[C@H](O)[C@@H]5O)[C@@H](O)[C@H](O[C@H]5O[C@H](CO)[C@@H](O)[C@H](O)[C@@H]5O)[C@@H]4O)[C@@H](O)[C@H](O)[C@@H]3O)[C@H](O)[C@H]2NC(C)=O)[C@@H](CO)O[C@H]1O. The zero-order valence-electron chi connectivity index (χ0n) is 38.9. The number of carbonyl (C=O) groups excluding carboxylic acids is 2. The van der Waals surface area contributed by atoms with Gasteiger partial charge in [-0.1, -0.05) is 0 Å². The lowest BCUT2D eigenvalue weighted by Gasteiger charge is -2.49. The van der Waals surface area contributed by atoms with Crippen LogP contribution in [0, 0.1) is 0 Å². The molecule has 0 aromatic heterocycles. The molecular formula is C40H68N2O31. The van der Waals surface area contributed by atoms with Crippen LogP contribution in [0.15, 0.2) is 0 Å². The lowest BCUT2D eigenvalue weighted by molar-refractivity contribution is -0.376. The van der Waals surface area contributed by atoms with Gasteiger partial charge in [-0.15, -0.1) is 0 Å². The van der Waals surface area contributed by atoms with E-state index < -0.39 is 236 Å². The van der Waals surface area contributed by atoms with Crippen LogP contribution in [-0.4, -0.2) is 327 Å². The van der Waals surface area contributed by atoms with Gasteiger partial charge >= 0.3 is 0 Å². The summed E-state index contributed by atoms with van der Waals surface area (Å²) in [6.45, 7) is -3.29. The molecule has 6 fully saturated rings. The Morgan fingerprint density at radius 3 is 1.19 bits per heavy atom. The van der Waals surface area contributed by atoms with E-state index in [0.29, 0.717) is 0 Å². The first-order valence-electron chi connectivity index (χ1n) is 23.1. The number of aliphatic hydroxyl groups excluding tert-OH is 18. The molecule has 0 aliphatic carbocycles. The lowest BCUT2D eigenvalue weighted by Crippen LogP contribution is -2.70. The second kappa shape index (κ2) is 26.0. The minimum absolute atomic E-state index is 0.702. The molecule has 6 rings (SSSR count). The molecule has 0 bridgehead atoms. The monoisotopic (exact) mass is 1070 g/mol. The van der Waals surface area contributed by atoms with Crippen molar-refractivity contribution in [2.75, 3.05) is 39.6 Å². The van der Waals surface area contributed by atoms with Crippen LogP contribution in [0.1, 0.15) is 13.8 Å². The van der Waals surface area contributed by atoms with Crippen molar-refractivity contribution in [3.63, 3.8) is 0 Å². The van der Waals surface area contributed by atoms with Crippen LogP contribution in [0.2, 0.25) is 0 Å². The van der Waals surface area contributed by atoms with Crippen molar-refractivity contribution in [2.45, 2.75) is 198 Å². The Labute approximate surface area is 413 Å². The van der Waals surface area contributed by atoms with Crippen LogP contribution in [0.5, 0.6) is 0 Å². The molecule has 6 heterocycles. The highest BCUT2D eigenvalue weighted by molar-refractivity contribution is 5.73. The number of rotatable bonds is 18. The summed E-state index contributed by atoms with van der Waals surface area (Å²) >= 11 is 0. The van der Waals surface area contributed by atoms with E-state index >= 15 is 0 Å². The first kappa shape index (κ1) is 60.0. The van der Waals surface area contributed by atoms with E-state index in [1.54, 1.807) is 0 Å². The maximum absolute atomic E-state index is 12.4. The maximum atomic E-state index is 12.4. The normalized spacial score (nSPS) is 49.8. The number of aliphatic hydroxyl groups is 18. The van der Waals surface area contributed by atoms with E-state index in [4.69, 9.17) is 52.1 Å². The summed E-state index contributed by atoms with van der Waals surface area (Å²) in [5.74, 6) is -1.51. The van der Waals surface area contributed by atoms with Crippen LogP contribution >= 0.6 is 0 Å². The number of hydrogen-bond donors (Lipinski definition) is 20. The highest BCUT2D eigenvalue weighted by atomic mass is 16.8. The third kappa shape index (κ3) is 13.2. The maximum Gasteiger partial charge on any atom is 0.217 e. The van der Waals surface area contributed by atoms with Crippen LogP contribution in [0.4, 0.5) is 0 Å². The molecule has 0 aromatic carbocycles. The van der Waals surface area contributed by atoms with E-state index in [9.17, 15) is 102 Å². The van der Waals surface area contributed by atoms with Crippen LogP contribution in [-0.2, 0) is 61.7 Å². The first-order chi connectivity index (χ1) is 34.5. The molecule has 0 spiro atoms. The van der Waals surface area contributed by atoms with Gasteiger partial charge in [0, 0.05) is 13.8 Å². The Bertz CT molecular complexity index is 1750. The quantitative estimate of drug-likeness (QED) is 0.0606. The average molecular weight is 1070 g/mol. The summed E-state index contributed by atoms with van der Waals surface area (Å²) in [5.41, 5.74) is 0. The number of carbonyl (C=O) groups is 2. The molecule has 6 saturated heterocycles. The van der Waals surface area contributed by atoms with E-state index in [0.717, 1.165) is 13.8 Å². The molecule has 6 aliphatic rings. The summed E-state index contributed by atoms with van der Waals surface area (Å²) in [6, 6.07) is -3.20. The molecule has 424 valence electrons. The van der Waals surface area contributed by atoms with E-state index in [1.165, 1.54) is 0 Å². The van der Waals surface area contributed by atoms with Gasteiger partial charge in [0.1, 0.15) is 146 Å². The molecule has 33 nitrogen and oxygen atoms in total. The molecule has 33 heteroatoms. The largest absolute Gasteiger partial charge is 0.394 e. The second-order valence-electron chi connectivity index (χ2n) is 18.3. The van der Waals surface area contributed by atoms with E-state index in [-0.39, 0.29) is 0 Å². The highest BCUT2D eigenvalue weighted by Crippen LogP contribution is 2.35. The number of ether oxygens (including phenoxy) is 11. The fourth-order valence-electron chi connectivity index (χ4n) is 9.11. The Hall–Kier alpha value is -2.22. The standard InChI is InChI=1S/C40H68N2O31/c1-9(47)41-17-23(53)32(13(5-45)65-35(17)62)71-36-18(42-10(2)48)24(54)33(14(6-46)68-36)72-40-30(60)27(57)21(51)15(70-40)7-64-38-31(61)34(73-39-29(59)26(56)20(50)12(4-44)67-39)22(52)16(69-38)8-63-37-28(58)25(55)19(49)11(3-43)66-37/h11-40,43-46,49-62H,3-8H2,1-2H3,(H,41,47)(H,42,48)/t11-,12-,13-,14-,15-,16-,17-,18-,19-,20-,21-,22-,23-,24-,25+,26+,27+,28+,29+,30+,31+,32+,33+,34+,35-,36+,37+,38+,39-,40+/m1/s1. The third-order valence-corrected chi connectivity index (χ3v) is 13.2. The molecule has 0 radical (unpaired) electrons. The van der Waals surface area contributed by atoms with Crippen molar-refractivity contribution >= 4 is 11.8 Å². The zero-order valence-corrected chi connectivity index (χ0v) is 38.9. The zero-order chi connectivity index (χ0) is 53.9. The van der Waals surface area contributed by atoms with Gasteiger partial charge in [-0.2, -0.15) is 0 Å². The topological polar surface area (TPSA) is 524 Å². The van der Waals surface area contributed by atoms with Crippen LogP contribution in [0.25, 0.3) is 0 Å². The van der Waals surface area contributed by atoms with Crippen molar-refractivity contribution in [2.24, 2.45) is 0 Å². The summed E-state index contributed by atoms with van der Waals surface area (Å²) in [5, 5.41) is 196. The minimum Gasteiger partial charge on any atom is -0.394 e. The van der Waals surface area contributed by atoms with Gasteiger partial charge in [-0.3, -0.25) is 9.59 Å². The Kier molecular flexibility index (Phi) is 21.3. The summed E-state index contributed by atoms with van der Waals surface area (Å²) < 4.78 is 62.1. The predicted molar refractivity (Wildman–Crippen MR) is 222 cm³/mol. The lowest BCUT2D eigenvalue weighted by atomic mass is 9.94. The van der Waals surface area contributed by atoms with Gasteiger partial charge in [0.05, 0.1) is 39.6 Å². The smallest absolute Gasteiger partial charge is 0.217 e. The first-order valence-corrected chi connectivity index (χ1v) is 23.1. The number of nitrogens with one attached hydrogen (secondary N) is 2. The average Bonchev–Trinajstić information content (AvgIpc) is 3.35. The molecular weight excluding hydrogens is 1000 g/mol. The number of hydrogen-bond acceptors (Lipinski definition) is 31. The summed E-state index contributed by atoms with van der Waals surface area (Å²) in [7, 11) is 0. The fraction of sp³-hybridized carbons (Fsp3) is 0.950. The van der Waals surface area contributed by atoms with Crippen LogP contribution < -0.4 is 10.6 Å². The Morgan fingerprint density at radius 1 is 0.356 bits per heavy atom. The van der Waals surface area contributed by atoms with Gasteiger partial charge in [0.15, 0.2) is 37.7 Å². The Morgan fingerprint density at radius 2 is 0.699 bits per heavy atom. The van der Waals surface area contributed by atoms with E-state index in [2.05, 4.69) is 10.6 Å². The van der Waals surface area contributed by atoms with Crippen molar-refractivity contribution in [3.8, 4) is 0 Å². The molecule has 0 saturated carbocycles. The van der Waals surface area contributed by atoms with Gasteiger partial charge in [0.25, 0.3) is 0 Å². The van der Waals surface area contributed by atoms with E-state index in [1.807, 2.05) is 0 Å².